The highest BCUT2D eigenvalue weighted by Crippen LogP contribution is 2.29. The molecular weight excluding hydrogens is 442 g/mol. The largest absolute Gasteiger partial charge is 0.460 e. The fourth-order valence-corrected chi connectivity index (χ4v) is 4.72. The van der Waals surface area contributed by atoms with E-state index in [1.807, 2.05) is 17.0 Å². The van der Waals surface area contributed by atoms with Gasteiger partial charge in [-0.05, 0) is 38.0 Å². The fourth-order valence-electron chi connectivity index (χ4n) is 3.78. The first-order valence-corrected chi connectivity index (χ1v) is 11.9. The average Bonchev–Trinajstić information content (AvgIpc) is 3.50. The van der Waals surface area contributed by atoms with Gasteiger partial charge in [0.05, 0.1) is 23.5 Å². The third-order valence-corrected chi connectivity index (χ3v) is 6.48. The molecule has 33 heavy (non-hydrogen) atoms. The number of nitrogens with zero attached hydrogens (tertiary/aromatic N) is 1. The SMILES string of the molecule is CCOC(=O)c1oc2ccccc2c1COC(=O)c1ccccc1SCC(=O)N1CCCC1. The predicted octanol–water partition coefficient (Wildman–Crippen LogP) is 4.68. The average molecular weight is 468 g/mol. The number of carbonyl (C=O) groups excluding carboxylic acids is 3. The Morgan fingerprint density at radius 1 is 0.970 bits per heavy atom. The molecule has 1 aromatic heterocycles. The molecule has 0 N–H and O–H groups in total. The first-order valence-electron chi connectivity index (χ1n) is 10.9. The number of esters is 2. The number of rotatable bonds is 8. The Kier molecular flexibility index (Phi) is 7.34. The number of likely N-dealkylation sites (tertiary alicyclic amines) is 1. The zero-order valence-corrected chi connectivity index (χ0v) is 19.2. The molecule has 0 spiro atoms. The van der Waals surface area contributed by atoms with Gasteiger partial charge in [0.2, 0.25) is 11.7 Å². The second kappa shape index (κ2) is 10.6. The van der Waals surface area contributed by atoms with Crippen LogP contribution in [0.4, 0.5) is 0 Å². The number of benzene rings is 2. The van der Waals surface area contributed by atoms with Gasteiger partial charge in [-0.25, -0.2) is 9.59 Å². The molecule has 4 rings (SSSR count). The van der Waals surface area contributed by atoms with E-state index in [9.17, 15) is 14.4 Å². The Hall–Kier alpha value is -3.26. The number of furan rings is 1. The van der Waals surface area contributed by atoms with E-state index in [1.54, 1.807) is 43.3 Å². The summed E-state index contributed by atoms with van der Waals surface area (Å²) in [5.41, 5.74) is 1.36. The number of fused-ring (bicyclic) bond motifs is 1. The molecule has 1 fully saturated rings. The maximum atomic E-state index is 12.9. The topological polar surface area (TPSA) is 86.0 Å². The Morgan fingerprint density at radius 3 is 2.48 bits per heavy atom. The van der Waals surface area contributed by atoms with Gasteiger partial charge in [0.15, 0.2) is 0 Å². The van der Waals surface area contributed by atoms with Crippen molar-refractivity contribution in [2.24, 2.45) is 0 Å². The van der Waals surface area contributed by atoms with Gasteiger partial charge in [-0.3, -0.25) is 4.79 Å². The molecule has 1 saturated heterocycles. The van der Waals surface area contributed by atoms with Crippen molar-refractivity contribution in [3.63, 3.8) is 0 Å². The maximum absolute atomic E-state index is 12.9. The lowest BCUT2D eigenvalue weighted by Crippen LogP contribution is -2.29. The zero-order chi connectivity index (χ0) is 23.2. The number of ether oxygens (including phenoxy) is 2. The summed E-state index contributed by atoms with van der Waals surface area (Å²) in [7, 11) is 0. The quantitative estimate of drug-likeness (QED) is 0.351. The normalized spacial score (nSPS) is 13.3. The number of hydrogen-bond acceptors (Lipinski definition) is 7. The van der Waals surface area contributed by atoms with Crippen molar-refractivity contribution in [1.29, 1.82) is 0 Å². The molecule has 0 atom stereocenters. The van der Waals surface area contributed by atoms with E-state index in [-0.39, 0.29) is 30.6 Å². The highest BCUT2D eigenvalue weighted by Gasteiger charge is 2.24. The van der Waals surface area contributed by atoms with Crippen molar-refractivity contribution in [1.82, 2.24) is 4.90 Å². The Bertz CT molecular complexity index is 1160. The number of thioether (sulfide) groups is 1. The summed E-state index contributed by atoms with van der Waals surface area (Å²) >= 11 is 1.33. The van der Waals surface area contributed by atoms with Crippen LogP contribution in [-0.4, -0.2) is 48.2 Å². The maximum Gasteiger partial charge on any atom is 0.374 e. The summed E-state index contributed by atoms with van der Waals surface area (Å²) in [5.74, 6) is -0.763. The first kappa shape index (κ1) is 22.9. The number of para-hydroxylation sites is 1. The molecule has 0 saturated carbocycles. The van der Waals surface area contributed by atoms with Crippen LogP contribution in [0.25, 0.3) is 11.0 Å². The predicted molar refractivity (Wildman–Crippen MR) is 124 cm³/mol. The van der Waals surface area contributed by atoms with Gasteiger partial charge < -0.3 is 18.8 Å². The molecule has 2 heterocycles. The third kappa shape index (κ3) is 5.22. The van der Waals surface area contributed by atoms with Crippen LogP contribution in [0.5, 0.6) is 0 Å². The third-order valence-electron chi connectivity index (χ3n) is 5.42. The molecule has 3 aromatic rings. The van der Waals surface area contributed by atoms with Gasteiger partial charge in [0.1, 0.15) is 12.2 Å². The summed E-state index contributed by atoms with van der Waals surface area (Å²) in [4.78, 5) is 40.2. The second-order valence-corrected chi connectivity index (χ2v) is 8.59. The van der Waals surface area contributed by atoms with Crippen LogP contribution in [0, 0.1) is 0 Å². The summed E-state index contributed by atoms with van der Waals surface area (Å²) in [6, 6.07) is 14.2. The van der Waals surface area contributed by atoms with Crippen molar-refractivity contribution >= 4 is 40.6 Å². The van der Waals surface area contributed by atoms with Gasteiger partial charge in [-0.2, -0.15) is 0 Å². The lowest BCUT2D eigenvalue weighted by molar-refractivity contribution is -0.127. The van der Waals surface area contributed by atoms with E-state index in [4.69, 9.17) is 13.9 Å². The van der Waals surface area contributed by atoms with Crippen LogP contribution in [0.2, 0.25) is 0 Å². The second-order valence-electron chi connectivity index (χ2n) is 7.58. The highest BCUT2D eigenvalue weighted by atomic mass is 32.2. The standard InChI is InChI=1S/C25H25NO6S/c1-2-30-25(29)23-19(17-9-3-5-11-20(17)32-23)15-31-24(28)18-10-4-6-12-21(18)33-16-22(27)26-13-7-8-14-26/h3-6,9-12H,2,7-8,13-16H2,1H3. The van der Waals surface area contributed by atoms with Gasteiger partial charge >= 0.3 is 11.9 Å². The molecule has 172 valence electrons. The number of amides is 1. The summed E-state index contributed by atoms with van der Waals surface area (Å²) < 4.78 is 16.4. The van der Waals surface area contributed by atoms with E-state index < -0.39 is 11.9 Å². The van der Waals surface area contributed by atoms with E-state index in [1.165, 1.54) is 11.8 Å². The van der Waals surface area contributed by atoms with E-state index in [0.717, 1.165) is 25.9 Å². The van der Waals surface area contributed by atoms with Crippen LogP contribution in [-0.2, 0) is 20.9 Å². The molecular formula is C25H25NO6S. The van der Waals surface area contributed by atoms with Crippen molar-refractivity contribution < 1.29 is 28.3 Å². The molecule has 8 heteroatoms. The minimum Gasteiger partial charge on any atom is -0.460 e. The number of hydrogen-bond donors (Lipinski definition) is 0. The zero-order valence-electron chi connectivity index (χ0n) is 18.4. The molecule has 0 aliphatic carbocycles. The minimum atomic E-state index is -0.601. The molecule has 0 bridgehead atoms. The van der Waals surface area contributed by atoms with Gasteiger partial charge in [0.25, 0.3) is 0 Å². The van der Waals surface area contributed by atoms with Gasteiger partial charge in [-0.1, -0.05) is 30.3 Å². The lowest BCUT2D eigenvalue weighted by Gasteiger charge is -2.15. The molecule has 2 aromatic carbocycles. The van der Waals surface area contributed by atoms with Crippen LogP contribution in [0.15, 0.2) is 57.8 Å². The highest BCUT2D eigenvalue weighted by molar-refractivity contribution is 8.00. The molecule has 1 amide bonds. The van der Waals surface area contributed by atoms with Crippen molar-refractivity contribution in [3.8, 4) is 0 Å². The first-order chi connectivity index (χ1) is 16.1. The van der Waals surface area contributed by atoms with Crippen LogP contribution < -0.4 is 0 Å². The summed E-state index contributed by atoms with van der Waals surface area (Å²) in [6.07, 6.45) is 2.08. The molecule has 1 aliphatic heterocycles. The number of carbonyl (C=O) groups is 3. The van der Waals surface area contributed by atoms with E-state index in [0.29, 0.717) is 27.0 Å². The summed E-state index contributed by atoms with van der Waals surface area (Å²) in [5, 5.41) is 0.687. The molecule has 0 unspecified atom stereocenters. The van der Waals surface area contributed by atoms with Gasteiger partial charge in [-0.15, -0.1) is 11.8 Å². The Morgan fingerprint density at radius 2 is 1.70 bits per heavy atom. The monoisotopic (exact) mass is 467 g/mol. The van der Waals surface area contributed by atoms with Crippen molar-refractivity contribution in [2.45, 2.75) is 31.3 Å². The van der Waals surface area contributed by atoms with Crippen molar-refractivity contribution in [3.05, 3.63) is 65.4 Å². The lowest BCUT2D eigenvalue weighted by atomic mass is 10.1. The Balaban J connectivity index is 1.48. The fraction of sp³-hybridized carbons (Fsp3) is 0.320. The smallest absolute Gasteiger partial charge is 0.374 e. The van der Waals surface area contributed by atoms with Crippen LogP contribution in [0.3, 0.4) is 0 Å². The van der Waals surface area contributed by atoms with Crippen LogP contribution in [0.1, 0.15) is 46.2 Å². The molecule has 7 nitrogen and oxygen atoms in total. The van der Waals surface area contributed by atoms with Crippen LogP contribution >= 0.6 is 11.8 Å². The summed E-state index contributed by atoms with van der Waals surface area (Å²) in [6.45, 7) is 3.37. The Labute approximate surface area is 196 Å². The van der Waals surface area contributed by atoms with Crippen molar-refractivity contribution in [2.75, 3.05) is 25.4 Å². The van der Waals surface area contributed by atoms with E-state index in [2.05, 4.69) is 0 Å². The minimum absolute atomic E-state index is 0.0321. The molecule has 1 aliphatic rings. The van der Waals surface area contributed by atoms with Gasteiger partial charge in [0, 0.05) is 23.4 Å². The van der Waals surface area contributed by atoms with E-state index >= 15 is 0 Å². The molecule has 0 radical (unpaired) electrons.